The van der Waals surface area contributed by atoms with Crippen LogP contribution in [0.4, 0.5) is 10.1 Å². The fraction of sp³-hybridized carbons (Fsp3) is 0.667. The molecular weight excluding hydrogens is 230 g/mol. The Labute approximate surface area is 96.8 Å². The fourth-order valence-corrected chi connectivity index (χ4v) is 2.59. The van der Waals surface area contributed by atoms with Crippen molar-refractivity contribution >= 4 is 21.5 Å². The Morgan fingerprint density at radius 3 is 3.06 bits per heavy atom. The molecule has 2 unspecified atom stereocenters. The van der Waals surface area contributed by atoms with E-state index in [1.165, 1.54) is 6.20 Å². The molecule has 16 heavy (non-hydrogen) atoms. The third kappa shape index (κ3) is 2.48. The van der Waals surface area contributed by atoms with Gasteiger partial charge >= 0.3 is 5.00 Å². The van der Waals surface area contributed by atoms with Crippen molar-refractivity contribution in [3.63, 3.8) is 0 Å². The minimum Gasteiger partial charge on any atom is -0.381 e. The lowest BCUT2D eigenvalue weighted by Gasteiger charge is -2.10. The van der Waals surface area contributed by atoms with Crippen molar-refractivity contribution in [2.24, 2.45) is 0 Å². The highest BCUT2D eigenvalue weighted by Crippen LogP contribution is 2.29. The van der Waals surface area contributed by atoms with Crippen molar-refractivity contribution in [3.8, 4) is 0 Å². The number of rotatable bonds is 4. The van der Waals surface area contributed by atoms with Gasteiger partial charge in [-0.05, 0) is 30.6 Å². The first-order valence-corrected chi connectivity index (χ1v) is 5.90. The summed E-state index contributed by atoms with van der Waals surface area (Å²) in [6.07, 6.45) is 4.57. The quantitative estimate of drug-likeness (QED) is 0.646. The number of methoxy groups -OCH3 is 1. The topological polar surface area (TPSA) is 77.3 Å². The molecule has 2 atom stereocenters. The zero-order chi connectivity index (χ0) is 11.5. The molecule has 88 valence electrons. The molecule has 1 aromatic heterocycles. The summed E-state index contributed by atoms with van der Waals surface area (Å²) in [5.41, 5.74) is 0. The summed E-state index contributed by atoms with van der Waals surface area (Å²) < 4.78 is 5.26. The van der Waals surface area contributed by atoms with E-state index in [-0.39, 0.29) is 5.00 Å². The third-order valence-electron chi connectivity index (χ3n) is 2.72. The summed E-state index contributed by atoms with van der Waals surface area (Å²) in [5, 5.41) is 14.4. The number of nitrogens with zero attached hydrogens (tertiary/aromatic N) is 2. The van der Waals surface area contributed by atoms with E-state index in [2.05, 4.69) is 10.3 Å². The Kier molecular flexibility index (Phi) is 3.35. The standard InChI is InChI=1S/C9H13N3O3S/c1-15-7-3-2-6(4-7)11-9-10-5-8(16-9)12(13)14/h5-7H,2-4H2,1H3,(H,10,11). The van der Waals surface area contributed by atoms with E-state index in [1.807, 2.05) is 0 Å². The van der Waals surface area contributed by atoms with Gasteiger partial charge in [0.1, 0.15) is 6.20 Å². The molecule has 1 aromatic rings. The fourth-order valence-electron chi connectivity index (χ4n) is 1.88. The number of hydrogen-bond donors (Lipinski definition) is 1. The number of aromatic nitrogens is 1. The van der Waals surface area contributed by atoms with Gasteiger partial charge in [0, 0.05) is 13.2 Å². The normalized spacial score (nSPS) is 24.6. The van der Waals surface area contributed by atoms with Gasteiger partial charge in [0.05, 0.1) is 11.0 Å². The van der Waals surface area contributed by atoms with Gasteiger partial charge in [-0.25, -0.2) is 4.98 Å². The second-order valence-corrected chi connectivity index (χ2v) is 4.78. The molecule has 1 heterocycles. The molecule has 0 spiro atoms. The molecule has 1 aliphatic carbocycles. The highest BCUT2D eigenvalue weighted by atomic mass is 32.1. The summed E-state index contributed by atoms with van der Waals surface area (Å²) in [5.74, 6) is 0. The Morgan fingerprint density at radius 1 is 1.69 bits per heavy atom. The largest absolute Gasteiger partial charge is 0.381 e. The van der Waals surface area contributed by atoms with Crippen LogP contribution in [-0.2, 0) is 4.74 Å². The summed E-state index contributed by atoms with van der Waals surface area (Å²) in [7, 11) is 1.71. The molecule has 1 N–H and O–H groups in total. The van der Waals surface area contributed by atoms with Crippen LogP contribution in [0.25, 0.3) is 0 Å². The van der Waals surface area contributed by atoms with Crippen molar-refractivity contribution < 1.29 is 9.66 Å². The molecule has 1 saturated carbocycles. The SMILES string of the molecule is COC1CCC(Nc2ncc([N+](=O)[O-])s2)C1. The summed E-state index contributed by atoms with van der Waals surface area (Å²) >= 11 is 1.07. The van der Waals surface area contributed by atoms with E-state index >= 15 is 0 Å². The Hall–Kier alpha value is -1.21. The lowest BCUT2D eigenvalue weighted by atomic mass is 10.2. The van der Waals surface area contributed by atoms with Crippen molar-refractivity contribution in [3.05, 3.63) is 16.3 Å². The maximum atomic E-state index is 10.5. The molecule has 0 amide bonds. The smallest absolute Gasteiger partial charge is 0.345 e. The highest BCUT2D eigenvalue weighted by Gasteiger charge is 2.25. The first kappa shape index (κ1) is 11.3. The van der Waals surface area contributed by atoms with E-state index in [0.717, 1.165) is 30.6 Å². The number of ether oxygens (including phenoxy) is 1. The molecule has 0 bridgehead atoms. The second kappa shape index (κ2) is 4.75. The predicted molar refractivity (Wildman–Crippen MR) is 60.8 cm³/mol. The van der Waals surface area contributed by atoms with Crippen molar-refractivity contribution in [2.45, 2.75) is 31.4 Å². The predicted octanol–water partition coefficient (Wildman–Crippen LogP) is 2.03. The van der Waals surface area contributed by atoms with Crippen LogP contribution in [0.1, 0.15) is 19.3 Å². The van der Waals surface area contributed by atoms with Gasteiger partial charge in [-0.15, -0.1) is 0 Å². The molecular formula is C9H13N3O3S. The van der Waals surface area contributed by atoms with Gasteiger partial charge in [-0.1, -0.05) is 0 Å². The maximum Gasteiger partial charge on any atom is 0.345 e. The van der Waals surface area contributed by atoms with Crippen LogP contribution in [0.15, 0.2) is 6.20 Å². The van der Waals surface area contributed by atoms with Crippen molar-refractivity contribution in [2.75, 3.05) is 12.4 Å². The van der Waals surface area contributed by atoms with Crippen LogP contribution in [0.3, 0.4) is 0 Å². The maximum absolute atomic E-state index is 10.5. The molecule has 0 saturated heterocycles. The van der Waals surface area contributed by atoms with E-state index in [4.69, 9.17) is 4.74 Å². The van der Waals surface area contributed by atoms with E-state index in [1.54, 1.807) is 7.11 Å². The monoisotopic (exact) mass is 243 g/mol. The van der Waals surface area contributed by atoms with Crippen LogP contribution < -0.4 is 5.32 Å². The number of hydrogen-bond acceptors (Lipinski definition) is 6. The lowest BCUT2D eigenvalue weighted by Crippen LogP contribution is -2.16. The Bertz CT molecular complexity index is 382. The minimum atomic E-state index is -0.421. The van der Waals surface area contributed by atoms with Gasteiger partial charge < -0.3 is 10.1 Å². The van der Waals surface area contributed by atoms with Crippen molar-refractivity contribution in [1.82, 2.24) is 4.98 Å². The van der Waals surface area contributed by atoms with Crippen LogP contribution in [0, 0.1) is 10.1 Å². The summed E-state index contributed by atoms with van der Waals surface area (Å²) in [6, 6.07) is 0.315. The lowest BCUT2D eigenvalue weighted by molar-refractivity contribution is -0.380. The highest BCUT2D eigenvalue weighted by molar-refractivity contribution is 7.18. The Morgan fingerprint density at radius 2 is 2.50 bits per heavy atom. The molecule has 1 aliphatic rings. The summed E-state index contributed by atoms with van der Waals surface area (Å²) in [4.78, 5) is 14.0. The third-order valence-corrected chi connectivity index (χ3v) is 3.60. The average molecular weight is 243 g/mol. The minimum absolute atomic E-state index is 0.0730. The van der Waals surface area contributed by atoms with Gasteiger partial charge in [0.15, 0.2) is 5.13 Å². The zero-order valence-corrected chi connectivity index (χ0v) is 9.70. The van der Waals surface area contributed by atoms with Gasteiger partial charge in [0.2, 0.25) is 0 Å². The van der Waals surface area contributed by atoms with E-state index in [9.17, 15) is 10.1 Å². The molecule has 6 nitrogen and oxygen atoms in total. The Balaban J connectivity index is 1.92. The van der Waals surface area contributed by atoms with E-state index < -0.39 is 4.92 Å². The molecule has 0 aromatic carbocycles. The van der Waals surface area contributed by atoms with Crippen LogP contribution >= 0.6 is 11.3 Å². The molecule has 0 radical (unpaired) electrons. The van der Waals surface area contributed by atoms with Gasteiger partial charge in [-0.3, -0.25) is 10.1 Å². The van der Waals surface area contributed by atoms with Crippen LogP contribution in [0.5, 0.6) is 0 Å². The number of anilines is 1. The van der Waals surface area contributed by atoms with Crippen molar-refractivity contribution in [1.29, 1.82) is 0 Å². The van der Waals surface area contributed by atoms with E-state index in [0.29, 0.717) is 17.3 Å². The van der Waals surface area contributed by atoms with Crippen LogP contribution in [-0.4, -0.2) is 29.2 Å². The first-order valence-electron chi connectivity index (χ1n) is 5.08. The number of thiazole rings is 1. The molecule has 1 fully saturated rings. The average Bonchev–Trinajstić information content (AvgIpc) is 2.87. The summed E-state index contributed by atoms with van der Waals surface area (Å²) in [6.45, 7) is 0. The second-order valence-electron chi connectivity index (χ2n) is 3.77. The van der Waals surface area contributed by atoms with Gasteiger partial charge in [-0.2, -0.15) is 0 Å². The first-order chi connectivity index (χ1) is 7.69. The molecule has 0 aliphatic heterocycles. The zero-order valence-electron chi connectivity index (χ0n) is 8.88. The number of nitrogens with one attached hydrogen (secondary N) is 1. The molecule has 2 rings (SSSR count). The number of nitro groups is 1. The molecule has 7 heteroatoms. The van der Waals surface area contributed by atoms with Crippen LogP contribution in [0.2, 0.25) is 0 Å². The van der Waals surface area contributed by atoms with Gasteiger partial charge in [0.25, 0.3) is 0 Å².